The predicted molar refractivity (Wildman–Crippen MR) is 115 cm³/mol. The number of morpholine rings is 1. The number of carbonyl (C=O) groups is 2. The minimum atomic E-state index is -0.406. The van der Waals surface area contributed by atoms with Crippen LogP contribution in [0.15, 0.2) is 46.8 Å². The van der Waals surface area contributed by atoms with Crippen LogP contribution >= 0.6 is 0 Å². The van der Waals surface area contributed by atoms with Gasteiger partial charge in [-0.05, 0) is 36.5 Å². The van der Waals surface area contributed by atoms with Crippen molar-refractivity contribution >= 4 is 17.4 Å². The van der Waals surface area contributed by atoms with E-state index in [4.69, 9.17) is 9.47 Å². The number of carbonyl (C=O) groups excluding carboxylic acids is 2. The number of anilines is 1. The molecule has 1 unspecified atom stereocenters. The molecule has 1 atom stereocenters. The maximum Gasteiger partial charge on any atom is 0.336 e. The lowest BCUT2D eigenvalue weighted by molar-refractivity contribution is -0.136. The van der Waals surface area contributed by atoms with E-state index in [2.05, 4.69) is 36.2 Å². The van der Waals surface area contributed by atoms with Gasteiger partial charge in [0.25, 0.3) is 0 Å². The largest absolute Gasteiger partial charge is 0.466 e. The third-order valence-corrected chi connectivity index (χ3v) is 6.25. The molecular weight excluding hydrogens is 380 g/mol. The Morgan fingerprint density at radius 3 is 2.47 bits per heavy atom. The minimum Gasteiger partial charge on any atom is -0.466 e. The molecule has 1 aromatic carbocycles. The fourth-order valence-corrected chi connectivity index (χ4v) is 4.85. The van der Waals surface area contributed by atoms with Crippen LogP contribution in [0.3, 0.4) is 0 Å². The Labute approximate surface area is 177 Å². The number of rotatable bonds is 3. The van der Waals surface area contributed by atoms with E-state index in [-0.39, 0.29) is 11.2 Å². The lowest BCUT2D eigenvalue weighted by Gasteiger charge is -2.39. The number of esters is 1. The van der Waals surface area contributed by atoms with Crippen molar-refractivity contribution in [1.29, 1.82) is 0 Å². The highest BCUT2D eigenvalue weighted by atomic mass is 16.5. The Bertz CT molecular complexity index is 921. The van der Waals surface area contributed by atoms with E-state index in [0.717, 1.165) is 55.4 Å². The smallest absolute Gasteiger partial charge is 0.336 e. The van der Waals surface area contributed by atoms with Crippen LogP contribution in [0, 0.1) is 5.41 Å². The summed E-state index contributed by atoms with van der Waals surface area (Å²) in [4.78, 5) is 28.2. The molecule has 2 aliphatic heterocycles. The van der Waals surface area contributed by atoms with Gasteiger partial charge in [0.05, 0.1) is 25.9 Å². The van der Waals surface area contributed by atoms with Crippen molar-refractivity contribution in [2.45, 2.75) is 39.5 Å². The monoisotopic (exact) mass is 410 g/mol. The van der Waals surface area contributed by atoms with Gasteiger partial charge in [0, 0.05) is 48.1 Å². The predicted octanol–water partition coefficient (Wildman–Crippen LogP) is 3.30. The first kappa shape index (κ1) is 20.7. The molecule has 1 N–H and O–H groups in total. The quantitative estimate of drug-likeness (QED) is 0.772. The van der Waals surface area contributed by atoms with Crippen molar-refractivity contribution in [3.8, 4) is 0 Å². The average molecular weight is 411 g/mol. The number of allylic oxidation sites excluding steroid dienone is 3. The Hall–Kier alpha value is -2.60. The van der Waals surface area contributed by atoms with Crippen LogP contribution in [0.1, 0.15) is 45.1 Å². The second kappa shape index (κ2) is 7.91. The molecule has 1 saturated heterocycles. The molecule has 0 bridgehead atoms. The van der Waals surface area contributed by atoms with Crippen molar-refractivity contribution in [2.24, 2.45) is 5.41 Å². The van der Waals surface area contributed by atoms with Gasteiger partial charge in [-0.15, -0.1) is 0 Å². The third-order valence-electron chi connectivity index (χ3n) is 6.25. The number of ether oxygens (including phenoxy) is 2. The molecule has 2 heterocycles. The maximum atomic E-state index is 13.2. The standard InChI is InChI=1S/C24H30N2O4/c1-15-20(23(28)29-4)21(22-18(25-15)13-24(2,3)14-19(22)27)16-5-7-17(8-6-16)26-9-11-30-12-10-26/h5-8,21,25H,9-14H2,1-4H3. The summed E-state index contributed by atoms with van der Waals surface area (Å²) >= 11 is 0. The highest BCUT2D eigenvalue weighted by molar-refractivity contribution is 6.04. The topological polar surface area (TPSA) is 67.9 Å². The summed E-state index contributed by atoms with van der Waals surface area (Å²) in [5, 5.41) is 3.35. The molecule has 1 aliphatic carbocycles. The van der Waals surface area contributed by atoms with Crippen LogP contribution in [0.25, 0.3) is 0 Å². The van der Waals surface area contributed by atoms with Crippen LogP contribution in [0.4, 0.5) is 5.69 Å². The molecule has 4 rings (SSSR count). The molecule has 0 spiro atoms. The molecule has 0 saturated carbocycles. The zero-order valence-electron chi connectivity index (χ0n) is 18.2. The molecule has 0 aromatic heterocycles. The number of nitrogens with zero attached hydrogens (tertiary/aromatic N) is 1. The number of benzene rings is 1. The summed E-state index contributed by atoms with van der Waals surface area (Å²) in [5.41, 5.74) is 4.88. The van der Waals surface area contributed by atoms with Crippen molar-refractivity contribution < 1.29 is 19.1 Å². The summed E-state index contributed by atoms with van der Waals surface area (Å²) in [6.45, 7) is 9.28. The van der Waals surface area contributed by atoms with Gasteiger partial charge >= 0.3 is 5.97 Å². The highest BCUT2D eigenvalue weighted by Gasteiger charge is 2.43. The zero-order valence-corrected chi connectivity index (χ0v) is 18.2. The van der Waals surface area contributed by atoms with Gasteiger partial charge in [-0.3, -0.25) is 4.79 Å². The molecule has 6 heteroatoms. The van der Waals surface area contributed by atoms with Gasteiger partial charge < -0.3 is 19.7 Å². The van der Waals surface area contributed by atoms with E-state index in [1.807, 2.05) is 19.1 Å². The van der Waals surface area contributed by atoms with Gasteiger partial charge in [0.15, 0.2) is 5.78 Å². The molecule has 160 valence electrons. The number of methoxy groups -OCH3 is 1. The van der Waals surface area contributed by atoms with Crippen LogP contribution in [-0.4, -0.2) is 45.2 Å². The molecule has 30 heavy (non-hydrogen) atoms. The van der Waals surface area contributed by atoms with Gasteiger partial charge in [-0.1, -0.05) is 26.0 Å². The molecule has 0 radical (unpaired) electrons. The van der Waals surface area contributed by atoms with Crippen LogP contribution in [-0.2, 0) is 19.1 Å². The molecule has 6 nitrogen and oxygen atoms in total. The highest BCUT2D eigenvalue weighted by Crippen LogP contribution is 2.46. The maximum absolute atomic E-state index is 13.2. The van der Waals surface area contributed by atoms with Crippen molar-refractivity contribution in [1.82, 2.24) is 5.32 Å². The minimum absolute atomic E-state index is 0.100. The van der Waals surface area contributed by atoms with Crippen molar-refractivity contribution in [3.63, 3.8) is 0 Å². The Morgan fingerprint density at radius 2 is 1.83 bits per heavy atom. The molecular formula is C24H30N2O4. The van der Waals surface area contributed by atoms with Crippen molar-refractivity contribution in [2.75, 3.05) is 38.3 Å². The normalized spacial score (nSPS) is 23.8. The number of hydrogen-bond donors (Lipinski definition) is 1. The number of ketones is 1. The van der Waals surface area contributed by atoms with E-state index >= 15 is 0 Å². The Balaban J connectivity index is 1.76. The second-order valence-corrected chi connectivity index (χ2v) is 9.11. The fourth-order valence-electron chi connectivity index (χ4n) is 4.85. The van der Waals surface area contributed by atoms with Gasteiger partial charge in [-0.25, -0.2) is 4.79 Å². The van der Waals surface area contributed by atoms with E-state index in [9.17, 15) is 9.59 Å². The van der Waals surface area contributed by atoms with E-state index in [0.29, 0.717) is 17.6 Å². The summed E-state index contributed by atoms with van der Waals surface area (Å²) in [6, 6.07) is 8.22. The lowest BCUT2D eigenvalue weighted by atomic mass is 9.68. The van der Waals surface area contributed by atoms with Gasteiger partial charge in [0.1, 0.15) is 0 Å². The van der Waals surface area contributed by atoms with Crippen molar-refractivity contribution in [3.05, 3.63) is 52.4 Å². The second-order valence-electron chi connectivity index (χ2n) is 9.11. The van der Waals surface area contributed by atoms with Gasteiger partial charge in [-0.2, -0.15) is 0 Å². The van der Waals surface area contributed by atoms with E-state index in [1.54, 1.807) is 0 Å². The molecule has 1 aromatic rings. The van der Waals surface area contributed by atoms with Crippen LogP contribution in [0.2, 0.25) is 0 Å². The number of hydrogen-bond acceptors (Lipinski definition) is 6. The third kappa shape index (κ3) is 3.76. The fraction of sp³-hybridized carbons (Fsp3) is 0.500. The summed E-state index contributed by atoms with van der Waals surface area (Å²) in [5.74, 6) is -0.701. The first-order valence-electron chi connectivity index (χ1n) is 10.6. The van der Waals surface area contributed by atoms with E-state index < -0.39 is 11.9 Å². The molecule has 1 fully saturated rings. The summed E-state index contributed by atoms with van der Waals surface area (Å²) in [7, 11) is 1.39. The van der Waals surface area contributed by atoms with Crippen LogP contribution < -0.4 is 10.2 Å². The summed E-state index contributed by atoms with van der Waals surface area (Å²) < 4.78 is 10.5. The van der Waals surface area contributed by atoms with E-state index in [1.165, 1.54) is 7.11 Å². The first-order chi connectivity index (χ1) is 14.3. The molecule has 3 aliphatic rings. The lowest BCUT2D eigenvalue weighted by Crippen LogP contribution is -2.38. The SMILES string of the molecule is COC(=O)C1=C(C)NC2=C(C(=O)CC(C)(C)C2)C1c1ccc(N2CCOCC2)cc1. The van der Waals surface area contributed by atoms with Crippen LogP contribution in [0.5, 0.6) is 0 Å². The number of dihydropyridines is 1. The zero-order chi connectivity index (χ0) is 21.5. The Morgan fingerprint density at radius 1 is 1.17 bits per heavy atom. The average Bonchev–Trinajstić information content (AvgIpc) is 2.72. The Kier molecular flexibility index (Phi) is 5.45. The number of nitrogens with one attached hydrogen (secondary N) is 1. The first-order valence-corrected chi connectivity index (χ1v) is 10.6. The van der Waals surface area contributed by atoms with Gasteiger partial charge in [0.2, 0.25) is 0 Å². The molecule has 0 amide bonds. The number of Topliss-reactive ketones (excluding diaryl/α,β-unsaturated/α-hetero) is 1. The summed E-state index contributed by atoms with van der Waals surface area (Å²) in [6.07, 6.45) is 1.26.